The molecule has 0 fully saturated rings. The van der Waals surface area contributed by atoms with Gasteiger partial charge in [0.2, 0.25) is 5.91 Å². The third-order valence-corrected chi connectivity index (χ3v) is 4.04. The molecule has 1 aliphatic heterocycles. The first-order valence-corrected chi connectivity index (χ1v) is 7.99. The Morgan fingerprint density at radius 2 is 1.60 bits per heavy atom. The lowest BCUT2D eigenvalue weighted by Crippen LogP contribution is -2.31. The first-order valence-electron chi connectivity index (χ1n) is 7.99. The van der Waals surface area contributed by atoms with Crippen LogP contribution in [0.5, 0.6) is 5.75 Å². The van der Waals surface area contributed by atoms with Gasteiger partial charge in [-0.25, -0.2) is 0 Å². The van der Waals surface area contributed by atoms with Crippen molar-refractivity contribution in [1.29, 1.82) is 0 Å². The predicted molar refractivity (Wildman–Crippen MR) is 92.7 cm³/mol. The quantitative estimate of drug-likeness (QED) is 0.822. The number of amides is 3. The van der Waals surface area contributed by atoms with E-state index in [0.717, 1.165) is 0 Å². The minimum Gasteiger partial charge on any atom is -0.497 e. The van der Waals surface area contributed by atoms with Crippen molar-refractivity contribution in [3.63, 3.8) is 0 Å². The summed E-state index contributed by atoms with van der Waals surface area (Å²) in [7, 11) is 1.58. The summed E-state index contributed by atoms with van der Waals surface area (Å²) in [6, 6.07) is 13.8. The van der Waals surface area contributed by atoms with E-state index in [1.54, 1.807) is 55.6 Å². The topological polar surface area (TPSA) is 75.7 Å². The highest BCUT2D eigenvalue weighted by Gasteiger charge is 2.34. The Bertz CT molecular complexity index is 779. The number of methoxy groups -OCH3 is 1. The van der Waals surface area contributed by atoms with Crippen LogP contribution >= 0.6 is 0 Å². The summed E-state index contributed by atoms with van der Waals surface area (Å²) in [5, 5.41) is 2.78. The number of hydrogen-bond donors (Lipinski definition) is 1. The number of hydrogen-bond acceptors (Lipinski definition) is 4. The van der Waals surface area contributed by atoms with Gasteiger partial charge in [0.15, 0.2) is 0 Å². The summed E-state index contributed by atoms with van der Waals surface area (Å²) in [5.41, 5.74) is 1.52. The van der Waals surface area contributed by atoms with Gasteiger partial charge in [0.1, 0.15) is 5.75 Å². The van der Waals surface area contributed by atoms with Gasteiger partial charge >= 0.3 is 0 Å². The lowest BCUT2D eigenvalue weighted by atomic mass is 10.1. The van der Waals surface area contributed by atoms with E-state index < -0.39 is 0 Å². The van der Waals surface area contributed by atoms with Crippen LogP contribution in [0.15, 0.2) is 48.5 Å². The van der Waals surface area contributed by atoms with E-state index >= 15 is 0 Å². The Morgan fingerprint density at radius 3 is 2.16 bits per heavy atom. The molecule has 6 nitrogen and oxygen atoms in total. The van der Waals surface area contributed by atoms with Crippen LogP contribution in [-0.2, 0) is 4.79 Å². The first kappa shape index (κ1) is 16.7. The number of carbonyl (C=O) groups is 3. The number of fused-ring (bicyclic) bond motifs is 1. The fraction of sp³-hybridized carbons (Fsp3) is 0.211. The third-order valence-electron chi connectivity index (χ3n) is 4.04. The molecule has 0 aromatic heterocycles. The monoisotopic (exact) mass is 338 g/mol. The zero-order chi connectivity index (χ0) is 17.8. The molecule has 3 rings (SSSR count). The van der Waals surface area contributed by atoms with E-state index in [1.165, 1.54) is 4.90 Å². The highest BCUT2D eigenvalue weighted by atomic mass is 16.5. The second-order valence-corrected chi connectivity index (χ2v) is 5.69. The predicted octanol–water partition coefficient (Wildman–Crippen LogP) is 2.71. The number of nitrogens with one attached hydrogen (secondary N) is 1. The number of nitrogens with zero attached hydrogens (tertiary/aromatic N) is 1. The molecule has 0 saturated heterocycles. The normalized spacial score (nSPS) is 12.9. The minimum atomic E-state index is -0.295. The van der Waals surface area contributed by atoms with Crippen LogP contribution in [-0.4, -0.2) is 36.3 Å². The Kier molecular flexibility index (Phi) is 4.79. The number of rotatable bonds is 6. The Morgan fingerprint density at radius 1 is 1.00 bits per heavy atom. The molecule has 6 heteroatoms. The SMILES string of the molecule is COc1ccc(NC(=O)CCCN2C(=O)c3ccccc3C2=O)cc1. The van der Waals surface area contributed by atoms with Crippen molar-refractivity contribution in [2.45, 2.75) is 12.8 Å². The average molecular weight is 338 g/mol. The van der Waals surface area contributed by atoms with Gasteiger partial charge in [0.05, 0.1) is 18.2 Å². The van der Waals surface area contributed by atoms with E-state index in [1.807, 2.05) is 0 Å². The zero-order valence-electron chi connectivity index (χ0n) is 13.8. The summed E-state index contributed by atoms with van der Waals surface area (Å²) < 4.78 is 5.06. The molecule has 128 valence electrons. The summed E-state index contributed by atoms with van der Waals surface area (Å²) >= 11 is 0. The highest BCUT2D eigenvalue weighted by Crippen LogP contribution is 2.22. The van der Waals surface area contributed by atoms with Gasteiger partial charge in [0, 0.05) is 18.7 Å². The molecule has 3 amide bonds. The second-order valence-electron chi connectivity index (χ2n) is 5.69. The summed E-state index contributed by atoms with van der Waals surface area (Å²) in [6.07, 6.45) is 0.632. The maximum atomic E-state index is 12.2. The largest absolute Gasteiger partial charge is 0.497 e. The molecule has 2 aromatic carbocycles. The number of benzene rings is 2. The molecule has 1 heterocycles. The van der Waals surface area contributed by atoms with Crippen LogP contribution in [0.1, 0.15) is 33.6 Å². The van der Waals surface area contributed by atoms with Crippen LogP contribution in [0.25, 0.3) is 0 Å². The smallest absolute Gasteiger partial charge is 0.261 e. The van der Waals surface area contributed by atoms with Crippen LogP contribution < -0.4 is 10.1 Å². The standard InChI is InChI=1S/C19H18N2O4/c1-25-14-10-8-13(9-11-14)20-17(22)7-4-12-21-18(23)15-5-2-3-6-16(15)19(21)24/h2-3,5-6,8-11H,4,7,12H2,1H3,(H,20,22). The van der Waals surface area contributed by atoms with E-state index in [2.05, 4.69) is 5.32 Å². The lowest BCUT2D eigenvalue weighted by molar-refractivity contribution is -0.116. The summed E-state index contributed by atoms with van der Waals surface area (Å²) in [5.74, 6) is -0.0438. The molecule has 0 bridgehead atoms. The van der Waals surface area contributed by atoms with E-state index in [4.69, 9.17) is 4.74 Å². The fourth-order valence-electron chi connectivity index (χ4n) is 2.74. The maximum Gasteiger partial charge on any atom is 0.261 e. The summed E-state index contributed by atoms with van der Waals surface area (Å²) in [4.78, 5) is 37.6. The molecular weight excluding hydrogens is 320 g/mol. The van der Waals surface area contributed by atoms with Gasteiger partial charge in [-0.2, -0.15) is 0 Å². The van der Waals surface area contributed by atoms with Crippen molar-refractivity contribution in [3.05, 3.63) is 59.7 Å². The van der Waals surface area contributed by atoms with Crippen LogP contribution in [0.2, 0.25) is 0 Å². The van der Waals surface area contributed by atoms with Crippen LogP contribution in [0, 0.1) is 0 Å². The summed E-state index contributed by atoms with van der Waals surface area (Å²) in [6.45, 7) is 0.225. The average Bonchev–Trinajstić information content (AvgIpc) is 2.87. The maximum absolute atomic E-state index is 12.2. The molecule has 0 aliphatic carbocycles. The van der Waals surface area contributed by atoms with Crippen molar-refractivity contribution in [2.24, 2.45) is 0 Å². The number of ether oxygens (including phenoxy) is 1. The van der Waals surface area contributed by atoms with Gasteiger partial charge < -0.3 is 10.1 Å². The molecule has 1 N–H and O–H groups in total. The molecule has 0 saturated carbocycles. The molecule has 0 radical (unpaired) electrons. The van der Waals surface area contributed by atoms with E-state index in [0.29, 0.717) is 29.0 Å². The number of anilines is 1. The van der Waals surface area contributed by atoms with Crippen LogP contribution in [0.4, 0.5) is 5.69 Å². The third kappa shape index (κ3) is 3.52. The van der Waals surface area contributed by atoms with E-state index in [-0.39, 0.29) is 30.7 Å². The lowest BCUT2D eigenvalue weighted by Gasteiger charge is -2.13. The molecule has 1 aliphatic rings. The van der Waals surface area contributed by atoms with Gasteiger partial charge in [-0.3, -0.25) is 19.3 Å². The minimum absolute atomic E-state index is 0.165. The van der Waals surface area contributed by atoms with Crippen molar-refractivity contribution in [1.82, 2.24) is 4.90 Å². The van der Waals surface area contributed by atoms with Gasteiger partial charge in [-0.05, 0) is 42.8 Å². The van der Waals surface area contributed by atoms with Gasteiger partial charge in [-0.15, -0.1) is 0 Å². The number of imide groups is 1. The Balaban J connectivity index is 1.50. The zero-order valence-corrected chi connectivity index (χ0v) is 13.8. The Labute approximate surface area is 145 Å². The highest BCUT2D eigenvalue weighted by molar-refractivity contribution is 6.21. The molecule has 0 unspecified atom stereocenters. The van der Waals surface area contributed by atoms with Crippen molar-refractivity contribution < 1.29 is 19.1 Å². The van der Waals surface area contributed by atoms with Gasteiger partial charge in [-0.1, -0.05) is 12.1 Å². The fourth-order valence-corrected chi connectivity index (χ4v) is 2.74. The van der Waals surface area contributed by atoms with Crippen molar-refractivity contribution in [3.8, 4) is 5.75 Å². The molecule has 2 aromatic rings. The van der Waals surface area contributed by atoms with Crippen molar-refractivity contribution >= 4 is 23.4 Å². The van der Waals surface area contributed by atoms with Crippen molar-refractivity contribution in [2.75, 3.05) is 19.0 Å². The molecule has 0 spiro atoms. The van der Waals surface area contributed by atoms with Gasteiger partial charge in [0.25, 0.3) is 11.8 Å². The van der Waals surface area contributed by atoms with E-state index in [9.17, 15) is 14.4 Å². The number of carbonyl (C=O) groups excluding carboxylic acids is 3. The molecule has 25 heavy (non-hydrogen) atoms. The molecular formula is C19H18N2O4. The Hall–Kier alpha value is -3.15. The first-order chi connectivity index (χ1) is 12.1. The van der Waals surface area contributed by atoms with Crippen LogP contribution in [0.3, 0.4) is 0 Å². The molecule has 0 atom stereocenters. The second kappa shape index (κ2) is 7.17.